The van der Waals surface area contributed by atoms with Gasteiger partial charge < -0.3 is 10.4 Å². The molecule has 0 bridgehead atoms. The fourth-order valence-electron chi connectivity index (χ4n) is 3.04. The van der Waals surface area contributed by atoms with Gasteiger partial charge in [0.25, 0.3) is 5.91 Å². The van der Waals surface area contributed by atoms with Crippen molar-refractivity contribution in [2.45, 2.75) is 46.5 Å². The van der Waals surface area contributed by atoms with Gasteiger partial charge in [0.05, 0.1) is 29.8 Å². The summed E-state index contributed by atoms with van der Waals surface area (Å²) in [7, 11) is 0. The first-order valence-corrected chi connectivity index (χ1v) is 12.3. The van der Waals surface area contributed by atoms with E-state index in [2.05, 4.69) is 21.9 Å². The Hall–Kier alpha value is -4.38. The van der Waals surface area contributed by atoms with Gasteiger partial charge in [0.2, 0.25) is 0 Å². The van der Waals surface area contributed by atoms with Gasteiger partial charge >= 0.3 is 5.97 Å². The van der Waals surface area contributed by atoms with Crippen LogP contribution in [-0.2, 0) is 4.79 Å². The number of rotatable bonds is 12. The van der Waals surface area contributed by atoms with Crippen LogP contribution in [0, 0.1) is 23.1 Å². The van der Waals surface area contributed by atoms with Crippen molar-refractivity contribution < 1.29 is 19.1 Å². The number of halogens is 1. The molecule has 0 aliphatic carbocycles. The van der Waals surface area contributed by atoms with E-state index in [4.69, 9.17) is 10.4 Å². The average Bonchev–Trinajstić information content (AvgIpc) is 2.90. The lowest BCUT2D eigenvalue weighted by Gasteiger charge is -2.08. The topological polar surface area (TPSA) is 115 Å². The number of carbonyl (C=O) groups is 2. The quantitative estimate of drug-likeness (QED) is 0.180. The molecule has 0 fully saturated rings. The van der Waals surface area contributed by atoms with E-state index in [0.717, 1.165) is 5.56 Å². The second-order valence-corrected chi connectivity index (χ2v) is 8.32. The molecule has 1 amide bonds. The van der Waals surface area contributed by atoms with Gasteiger partial charge in [-0.3, -0.25) is 19.6 Å². The number of hydrogen-bond acceptors (Lipinski definition) is 5. The Kier molecular flexibility index (Phi) is 15.0. The summed E-state index contributed by atoms with van der Waals surface area (Å²) in [6.07, 6.45) is 9.31. The summed E-state index contributed by atoms with van der Waals surface area (Å²) in [4.78, 5) is 32.6. The zero-order valence-corrected chi connectivity index (χ0v) is 22.2. The number of nitrogens with zero attached hydrogens (tertiary/aromatic N) is 3. The van der Waals surface area contributed by atoms with Crippen LogP contribution in [0.2, 0.25) is 0 Å². The minimum atomic E-state index is -0.809. The summed E-state index contributed by atoms with van der Waals surface area (Å²) >= 11 is 0. The van der Waals surface area contributed by atoms with Crippen LogP contribution in [0.15, 0.2) is 77.3 Å². The fraction of sp³-hybridized carbons (Fsp3) is 0.300. The highest BCUT2D eigenvalue weighted by atomic mass is 19.1. The Bertz CT molecular complexity index is 1190. The van der Waals surface area contributed by atoms with Gasteiger partial charge in [-0.25, -0.2) is 4.39 Å². The molecule has 0 radical (unpaired) electrons. The molecule has 1 atom stereocenters. The molecule has 2 rings (SSSR count). The number of aliphatic carboxylic acids is 1. The number of unbranched alkanes of at least 4 members (excludes halogenated alkanes) is 1. The third kappa shape index (κ3) is 12.0. The van der Waals surface area contributed by atoms with Gasteiger partial charge in [-0.1, -0.05) is 37.3 Å². The molecule has 0 aliphatic heterocycles. The van der Waals surface area contributed by atoms with Crippen molar-refractivity contribution in [3.05, 3.63) is 84.2 Å². The zero-order valence-electron chi connectivity index (χ0n) is 22.2. The van der Waals surface area contributed by atoms with Gasteiger partial charge in [-0.2, -0.15) is 5.26 Å². The Morgan fingerprint density at radius 3 is 2.45 bits per heavy atom. The van der Waals surface area contributed by atoms with Gasteiger partial charge in [-0.05, 0) is 69.0 Å². The predicted octanol–water partition coefficient (Wildman–Crippen LogP) is 6.95. The number of benzene rings is 2. The van der Waals surface area contributed by atoms with Crippen molar-refractivity contribution in [2.75, 3.05) is 6.54 Å². The van der Waals surface area contributed by atoms with Gasteiger partial charge in [0.15, 0.2) is 0 Å². The molecular weight excluding hydrogens is 483 g/mol. The number of amides is 1. The van der Waals surface area contributed by atoms with Gasteiger partial charge in [0, 0.05) is 24.0 Å². The number of allylic oxidation sites excluding steroid dienone is 2. The molecule has 7 nitrogen and oxygen atoms in total. The average molecular weight is 519 g/mol. The predicted molar refractivity (Wildman–Crippen MR) is 151 cm³/mol. The lowest BCUT2D eigenvalue weighted by Crippen LogP contribution is -2.23. The Morgan fingerprint density at radius 2 is 1.87 bits per heavy atom. The molecule has 200 valence electrons. The molecule has 0 saturated carbocycles. The van der Waals surface area contributed by atoms with Crippen LogP contribution in [0.1, 0.15) is 62.4 Å². The third-order valence-corrected chi connectivity index (χ3v) is 5.26. The van der Waals surface area contributed by atoms with Crippen LogP contribution in [0.3, 0.4) is 0 Å². The summed E-state index contributed by atoms with van der Waals surface area (Å²) in [5, 5.41) is 19.6. The fourth-order valence-corrected chi connectivity index (χ4v) is 3.04. The number of carboxylic acid groups (broad SMARTS) is 1. The first kappa shape index (κ1) is 31.6. The maximum atomic E-state index is 13.2. The lowest BCUT2D eigenvalue weighted by molar-refractivity contribution is -0.141. The maximum absolute atomic E-state index is 13.2. The highest BCUT2D eigenvalue weighted by Gasteiger charge is 2.11. The Labute approximate surface area is 224 Å². The van der Waals surface area contributed by atoms with Crippen molar-refractivity contribution >= 4 is 35.2 Å². The lowest BCUT2D eigenvalue weighted by atomic mass is 10.1. The molecule has 2 aromatic carbocycles. The first-order valence-electron chi connectivity index (χ1n) is 12.3. The SMILES string of the molecule is C/C=C/CNC(=O)c1ccc(N=C(C)c2ccc(F)cc2)c(N=CCCCC(C)C(=O)O)c1.C=CCC#N. The van der Waals surface area contributed by atoms with Crippen molar-refractivity contribution in [2.24, 2.45) is 15.9 Å². The van der Waals surface area contributed by atoms with Crippen LogP contribution in [-0.4, -0.2) is 35.5 Å². The van der Waals surface area contributed by atoms with E-state index in [1.165, 1.54) is 12.1 Å². The maximum Gasteiger partial charge on any atom is 0.306 e. The Morgan fingerprint density at radius 1 is 1.18 bits per heavy atom. The standard InChI is InChI=1S/C26H30FN3O3.C4H5N/c1-4-5-15-29-25(31)21-11-14-23(30-19(3)20-9-12-22(27)13-10-20)24(17-21)28-16-7-6-8-18(2)26(32)33;1-2-3-4-5/h4-5,9-14,16-18H,6-8,15H2,1-3H3,(H,29,31)(H,32,33);2H,1,3H2/b5-4+,28-16?,30-19?;. The van der Waals surface area contributed by atoms with Crippen molar-refractivity contribution in [3.8, 4) is 6.07 Å². The van der Waals surface area contributed by atoms with Crippen LogP contribution in [0.25, 0.3) is 0 Å². The number of aliphatic imine (C=N–C) groups is 2. The number of carbonyl (C=O) groups excluding carboxylic acids is 1. The summed E-state index contributed by atoms with van der Waals surface area (Å²) in [6, 6.07) is 13.1. The van der Waals surface area contributed by atoms with Crippen molar-refractivity contribution in [1.82, 2.24) is 5.32 Å². The van der Waals surface area contributed by atoms with Gasteiger partial charge in [-0.15, -0.1) is 6.58 Å². The molecule has 0 aromatic heterocycles. The van der Waals surface area contributed by atoms with Crippen LogP contribution < -0.4 is 5.32 Å². The van der Waals surface area contributed by atoms with E-state index in [1.54, 1.807) is 49.5 Å². The summed E-state index contributed by atoms with van der Waals surface area (Å²) in [5.41, 5.74) is 3.04. The first-order chi connectivity index (χ1) is 18.2. The van der Waals surface area contributed by atoms with E-state index in [-0.39, 0.29) is 11.7 Å². The van der Waals surface area contributed by atoms with Crippen molar-refractivity contribution in [3.63, 3.8) is 0 Å². The highest BCUT2D eigenvalue weighted by molar-refractivity contribution is 6.01. The molecule has 0 aliphatic rings. The molecule has 0 spiro atoms. The van der Waals surface area contributed by atoms with E-state index in [1.807, 2.05) is 32.1 Å². The van der Waals surface area contributed by atoms with E-state index in [0.29, 0.717) is 54.9 Å². The molecule has 0 saturated heterocycles. The highest BCUT2D eigenvalue weighted by Crippen LogP contribution is 2.30. The summed E-state index contributed by atoms with van der Waals surface area (Å²) in [6.45, 7) is 9.15. The molecule has 2 N–H and O–H groups in total. The molecule has 1 unspecified atom stereocenters. The van der Waals surface area contributed by atoms with E-state index in [9.17, 15) is 14.0 Å². The molecule has 0 heterocycles. The number of hydrogen-bond donors (Lipinski definition) is 2. The minimum Gasteiger partial charge on any atom is -0.481 e. The summed E-state index contributed by atoms with van der Waals surface area (Å²) < 4.78 is 13.2. The second kappa shape index (κ2) is 18.0. The molecule has 8 heteroatoms. The number of nitriles is 1. The van der Waals surface area contributed by atoms with E-state index < -0.39 is 11.9 Å². The second-order valence-electron chi connectivity index (χ2n) is 8.32. The van der Waals surface area contributed by atoms with Crippen LogP contribution >= 0.6 is 0 Å². The van der Waals surface area contributed by atoms with Crippen molar-refractivity contribution in [1.29, 1.82) is 5.26 Å². The van der Waals surface area contributed by atoms with Gasteiger partial charge in [0.1, 0.15) is 5.82 Å². The zero-order chi connectivity index (χ0) is 28.3. The third-order valence-electron chi connectivity index (χ3n) is 5.26. The molecule has 2 aromatic rings. The largest absolute Gasteiger partial charge is 0.481 e. The molecule has 38 heavy (non-hydrogen) atoms. The number of carboxylic acids is 1. The van der Waals surface area contributed by atoms with Crippen LogP contribution in [0.4, 0.5) is 15.8 Å². The summed E-state index contributed by atoms with van der Waals surface area (Å²) in [5.74, 6) is -1.74. The Balaban J connectivity index is 0.00000132. The monoisotopic (exact) mass is 518 g/mol. The normalized spacial score (nSPS) is 11.9. The van der Waals surface area contributed by atoms with Crippen LogP contribution in [0.5, 0.6) is 0 Å². The minimum absolute atomic E-state index is 0.217. The van der Waals surface area contributed by atoms with E-state index >= 15 is 0 Å². The smallest absolute Gasteiger partial charge is 0.306 e. The number of nitrogens with one attached hydrogen (secondary N) is 1. The molecular formula is C30H35FN4O3.